The lowest BCUT2D eigenvalue weighted by Gasteiger charge is -2.21. The van der Waals surface area contributed by atoms with Gasteiger partial charge in [0.1, 0.15) is 6.42 Å². The van der Waals surface area contributed by atoms with Crippen LogP contribution in [0.2, 0.25) is 0 Å². The van der Waals surface area contributed by atoms with Gasteiger partial charge in [-0.25, -0.2) is 0 Å². The monoisotopic (exact) mass is 248 g/mol. The first-order valence-corrected chi connectivity index (χ1v) is 6.02. The van der Waals surface area contributed by atoms with E-state index >= 15 is 0 Å². The number of carbonyl (C=O) groups is 2. The lowest BCUT2D eigenvalue weighted by molar-refractivity contribution is -0.139. The van der Waals surface area contributed by atoms with Crippen LogP contribution in [0.25, 0.3) is 0 Å². The molecule has 18 heavy (non-hydrogen) atoms. The van der Waals surface area contributed by atoms with Crippen LogP contribution in [0.3, 0.4) is 0 Å². The van der Waals surface area contributed by atoms with Crippen LogP contribution in [-0.2, 0) is 9.59 Å². The number of amides is 1. The van der Waals surface area contributed by atoms with Gasteiger partial charge in [0.2, 0.25) is 5.91 Å². The van der Waals surface area contributed by atoms with E-state index in [4.69, 9.17) is 5.11 Å². The number of rotatable bonds is 4. The maximum Gasteiger partial charge on any atom is 0.312 e. The van der Waals surface area contributed by atoms with Crippen LogP contribution in [-0.4, -0.2) is 30.1 Å². The second-order valence-electron chi connectivity index (χ2n) is 4.33. The number of carbonyl (C=O) groups excluding carboxylic acids is 1. The highest BCUT2D eigenvalue weighted by molar-refractivity contribution is 6.02. The Bertz CT molecular complexity index is 453. The van der Waals surface area contributed by atoms with E-state index in [0.717, 1.165) is 31.6 Å². The third kappa shape index (κ3) is 3.00. The van der Waals surface area contributed by atoms with E-state index in [2.05, 4.69) is 10.2 Å². The number of anilines is 2. The molecule has 1 saturated heterocycles. The van der Waals surface area contributed by atoms with E-state index in [9.17, 15) is 9.59 Å². The maximum absolute atomic E-state index is 11.5. The van der Waals surface area contributed by atoms with Crippen LogP contribution in [0.15, 0.2) is 24.3 Å². The van der Waals surface area contributed by atoms with E-state index in [1.807, 2.05) is 18.2 Å². The molecule has 1 aromatic carbocycles. The molecule has 1 aromatic rings. The van der Waals surface area contributed by atoms with E-state index in [1.165, 1.54) is 0 Å². The van der Waals surface area contributed by atoms with Gasteiger partial charge in [0, 0.05) is 13.1 Å². The molecular weight excluding hydrogens is 232 g/mol. The first kappa shape index (κ1) is 12.4. The van der Waals surface area contributed by atoms with Crippen molar-refractivity contribution in [2.24, 2.45) is 0 Å². The molecule has 1 aliphatic heterocycles. The Morgan fingerprint density at radius 2 is 1.89 bits per heavy atom. The van der Waals surface area contributed by atoms with Crippen molar-refractivity contribution in [2.45, 2.75) is 19.3 Å². The van der Waals surface area contributed by atoms with Crippen LogP contribution in [0.5, 0.6) is 0 Å². The van der Waals surface area contributed by atoms with Gasteiger partial charge in [0.05, 0.1) is 11.4 Å². The minimum Gasteiger partial charge on any atom is -0.481 e. The highest BCUT2D eigenvalue weighted by atomic mass is 16.4. The Morgan fingerprint density at radius 3 is 2.56 bits per heavy atom. The van der Waals surface area contributed by atoms with Crippen molar-refractivity contribution >= 4 is 23.3 Å². The van der Waals surface area contributed by atoms with E-state index < -0.39 is 18.3 Å². The fraction of sp³-hybridized carbons (Fsp3) is 0.385. The van der Waals surface area contributed by atoms with Crippen molar-refractivity contribution in [1.82, 2.24) is 0 Å². The number of carboxylic acid groups (broad SMARTS) is 1. The minimum absolute atomic E-state index is 0.492. The largest absolute Gasteiger partial charge is 0.481 e. The van der Waals surface area contributed by atoms with Gasteiger partial charge < -0.3 is 15.3 Å². The van der Waals surface area contributed by atoms with Gasteiger partial charge >= 0.3 is 5.97 Å². The summed E-state index contributed by atoms with van der Waals surface area (Å²) >= 11 is 0. The van der Waals surface area contributed by atoms with Crippen LogP contribution in [0.1, 0.15) is 19.3 Å². The molecular formula is C13H16N2O3. The Kier molecular flexibility index (Phi) is 3.82. The fourth-order valence-corrected chi connectivity index (χ4v) is 2.14. The highest BCUT2D eigenvalue weighted by Crippen LogP contribution is 2.28. The summed E-state index contributed by atoms with van der Waals surface area (Å²) in [6.45, 7) is 1.96. The zero-order chi connectivity index (χ0) is 13.0. The molecule has 0 bridgehead atoms. The maximum atomic E-state index is 11.5. The summed E-state index contributed by atoms with van der Waals surface area (Å²) in [5, 5.41) is 11.2. The summed E-state index contributed by atoms with van der Waals surface area (Å²) in [4.78, 5) is 24.2. The molecule has 1 heterocycles. The Balaban J connectivity index is 2.12. The molecule has 0 aromatic heterocycles. The molecule has 0 spiro atoms. The summed E-state index contributed by atoms with van der Waals surface area (Å²) in [7, 11) is 0. The van der Waals surface area contributed by atoms with Gasteiger partial charge in [0.15, 0.2) is 0 Å². The quantitative estimate of drug-likeness (QED) is 0.796. The average molecular weight is 248 g/mol. The Morgan fingerprint density at radius 1 is 1.22 bits per heavy atom. The van der Waals surface area contributed by atoms with Crippen molar-refractivity contribution < 1.29 is 14.7 Å². The molecule has 0 aliphatic carbocycles. The van der Waals surface area contributed by atoms with Gasteiger partial charge in [-0.1, -0.05) is 12.1 Å². The first-order valence-electron chi connectivity index (χ1n) is 6.02. The molecule has 5 nitrogen and oxygen atoms in total. The van der Waals surface area contributed by atoms with Crippen molar-refractivity contribution in [2.75, 3.05) is 23.3 Å². The van der Waals surface area contributed by atoms with Gasteiger partial charge in [0.25, 0.3) is 0 Å². The molecule has 0 radical (unpaired) electrons. The van der Waals surface area contributed by atoms with Crippen LogP contribution in [0.4, 0.5) is 11.4 Å². The summed E-state index contributed by atoms with van der Waals surface area (Å²) in [5.41, 5.74) is 1.65. The smallest absolute Gasteiger partial charge is 0.312 e. The zero-order valence-corrected chi connectivity index (χ0v) is 10.1. The van der Waals surface area contributed by atoms with Gasteiger partial charge in [-0.15, -0.1) is 0 Å². The van der Waals surface area contributed by atoms with Crippen LogP contribution >= 0.6 is 0 Å². The number of nitrogens with one attached hydrogen (secondary N) is 1. The standard InChI is InChI=1S/C13H16N2O3/c16-12(9-13(17)18)14-10-5-1-2-6-11(10)15-7-3-4-8-15/h1-2,5-6H,3-4,7-9H2,(H,14,16)(H,17,18). The molecule has 5 heteroatoms. The fourth-order valence-electron chi connectivity index (χ4n) is 2.14. The van der Waals surface area contributed by atoms with Gasteiger partial charge in [-0.3, -0.25) is 9.59 Å². The number of para-hydroxylation sites is 2. The molecule has 0 atom stereocenters. The summed E-state index contributed by atoms with van der Waals surface area (Å²) in [6, 6.07) is 7.49. The number of carboxylic acids is 1. The molecule has 2 rings (SSSR count). The molecule has 0 saturated carbocycles. The van der Waals surface area contributed by atoms with Crippen LogP contribution < -0.4 is 10.2 Å². The minimum atomic E-state index is -1.12. The normalized spacial score (nSPS) is 14.6. The lowest BCUT2D eigenvalue weighted by atomic mass is 10.2. The number of hydrogen-bond acceptors (Lipinski definition) is 3. The summed E-state index contributed by atoms with van der Waals surface area (Å²) < 4.78 is 0. The lowest BCUT2D eigenvalue weighted by Crippen LogP contribution is -2.22. The molecule has 1 fully saturated rings. The second-order valence-corrected chi connectivity index (χ2v) is 4.33. The Labute approximate surface area is 105 Å². The van der Waals surface area contributed by atoms with E-state index in [-0.39, 0.29) is 0 Å². The van der Waals surface area contributed by atoms with Gasteiger partial charge in [-0.2, -0.15) is 0 Å². The van der Waals surface area contributed by atoms with Crippen molar-refractivity contribution in [3.8, 4) is 0 Å². The number of aliphatic carboxylic acids is 1. The van der Waals surface area contributed by atoms with E-state index in [0.29, 0.717) is 5.69 Å². The third-order valence-corrected chi connectivity index (χ3v) is 2.94. The molecule has 1 aliphatic rings. The SMILES string of the molecule is O=C(O)CC(=O)Nc1ccccc1N1CCCC1. The van der Waals surface area contributed by atoms with Crippen LogP contribution in [0, 0.1) is 0 Å². The molecule has 96 valence electrons. The molecule has 0 unspecified atom stereocenters. The van der Waals surface area contributed by atoms with Crippen molar-refractivity contribution in [1.29, 1.82) is 0 Å². The predicted molar refractivity (Wildman–Crippen MR) is 68.8 cm³/mol. The predicted octanol–water partition coefficient (Wildman–Crippen LogP) is 1.70. The Hall–Kier alpha value is -2.04. The number of hydrogen-bond donors (Lipinski definition) is 2. The third-order valence-electron chi connectivity index (χ3n) is 2.94. The number of nitrogens with zero attached hydrogens (tertiary/aromatic N) is 1. The molecule has 2 N–H and O–H groups in total. The van der Waals surface area contributed by atoms with Crippen molar-refractivity contribution in [3.63, 3.8) is 0 Å². The summed E-state index contributed by atoms with van der Waals surface area (Å²) in [6.07, 6.45) is 1.79. The molecule has 1 amide bonds. The van der Waals surface area contributed by atoms with Gasteiger partial charge in [-0.05, 0) is 25.0 Å². The zero-order valence-electron chi connectivity index (χ0n) is 10.1. The van der Waals surface area contributed by atoms with Crippen molar-refractivity contribution in [3.05, 3.63) is 24.3 Å². The first-order chi connectivity index (χ1) is 8.66. The van der Waals surface area contributed by atoms with E-state index in [1.54, 1.807) is 6.07 Å². The second kappa shape index (κ2) is 5.53. The average Bonchev–Trinajstić information content (AvgIpc) is 2.81. The topological polar surface area (TPSA) is 69.6 Å². The number of benzene rings is 1. The highest BCUT2D eigenvalue weighted by Gasteiger charge is 2.17. The summed E-state index contributed by atoms with van der Waals surface area (Å²) in [5.74, 6) is -1.61.